The molecule has 144 valence electrons. The molecule has 0 saturated carbocycles. The van der Waals surface area contributed by atoms with Gasteiger partial charge in [0.1, 0.15) is 5.75 Å². The number of anilines is 1. The molecule has 1 atom stereocenters. The van der Waals surface area contributed by atoms with Crippen molar-refractivity contribution in [2.24, 2.45) is 0 Å². The molecule has 0 unspecified atom stereocenters. The van der Waals surface area contributed by atoms with Crippen LogP contribution in [0, 0.1) is 6.92 Å². The van der Waals surface area contributed by atoms with Crippen LogP contribution in [0.25, 0.3) is 0 Å². The molecule has 1 amide bonds. The zero-order chi connectivity index (χ0) is 18.7. The van der Waals surface area contributed by atoms with Crippen molar-refractivity contribution < 1.29 is 22.7 Å². The maximum Gasteiger partial charge on any atom is 0.263 e. The highest BCUT2D eigenvalue weighted by atomic mass is 32.2. The molecule has 1 saturated heterocycles. The summed E-state index contributed by atoms with van der Waals surface area (Å²) in [6, 6.07) is 5.29. The second-order valence-corrected chi connectivity index (χ2v) is 8.52. The molecule has 1 aromatic rings. The summed E-state index contributed by atoms with van der Waals surface area (Å²) in [5.74, 6) is 0.0961. The van der Waals surface area contributed by atoms with Crippen molar-refractivity contribution in [1.29, 1.82) is 0 Å². The number of hydrogen-bond donors (Lipinski definition) is 1. The monoisotopic (exact) mass is 383 g/mol. The van der Waals surface area contributed by atoms with Gasteiger partial charge in [0, 0.05) is 26.2 Å². The fourth-order valence-corrected chi connectivity index (χ4v) is 3.99. The SMILES string of the molecule is Cc1ccc2c(c1)N(S(C)(=O)=O)C[C@H](C(=O)NCCN1CCOCC1)O2. The van der Waals surface area contributed by atoms with Gasteiger partial charge in [-0.3, -0.25) is 14.0 Å². The Morgan fingerprint density at radius 3 is 2.73 bits per heavy atom. The molecule has 26 heavy (non-hydrogen) atoms. The molecule has 0 aromatic heterocycles. The maximum atomic E-state index is 12.5. The first-order chi connectivity index (χ1) is 12.3. The van der Waals surface area contributed by atoms with Gasteiger partial charge < -0.3 is 14.8 Å². The smallest absolute Gasteiger partial charge is 0.263 e. The Hall–Kier alpha value is -1.84. The van der Waals surface area contributed by atoms with Crippen molar-refractivity contribution in [2.45, 2.75) is 13.0 Å². The lowest BCUT2D eigenvalue weighted by atomic mass is 10.1. The summed E-state index contributed by atoms with van der Waals surface area (Å²) in [4.78, 5) is 14.7. The number of amides is 1. The molecule has 2 heterocycles. The third-order valence-electron chi connectivity index (χ3n) is 4.51. The topological polar surface area (TPSA) is 88.2 Å². The summed E-state index contributed by atoms with van der Waals surface area (Å²) >= 11 is 0. The molecule has 2 aliphatic heterocycles. The van der Waals surface area contributed by atoms with E-state index in [0.29, 0.717) is 31.2 Å². The van der Waals surface area contributed by atoms with Gasteiger partial charge in [-0.2, -0.15) is 0 Å². The molecule has 0 bridgehead atoms. The summed E-state index contributed by atoms with van der Waals surface area (Å²) in [5, 5.41) is 2.85. The van der Waals surface area contributed by atoms with Crippen LogP contribution in [0.3, 0.4) is 0 Å². The zero-order valence-corrected chi connectivity index (χ0v) is 15.9. The van der Waals surface area contributed by atoms with Crippen LogP contribution in [0.1, 0.15) is 5.56 Å². The van der Waals surface area contributed by atoms with Gasteiger partial charge >= 0.3 is 0 Å². The van der Waals surface area contributed by atoms with Crippen molar-refractivity contribution in [2.75, 3.05) is 56.5 Å². The van der Waals surface area contributed by atoms with Crippen LogP contribution in [0.2, 0.25) is 0 Å². The van der Waals surface area contributed by atoms with Crippen LogP contribution >= 0.6 is 0 Å². The van der Waals surface area contributed by atoms with E-state index in [-0.39, 0.29) is 12.5 Å². The highest BCUT2D eigenvalue weighted by Gasteiger charge is 2.35. The van der Waals surface area contributed by atoms with E-state index in [2.05, 4.69) is 10.2 Å². The second-order valence-electron chi connectivity index (χ2n) is 6.62. The molecule has 3 rings (SSSR count). The quantitative estimate of drug-likeness (QED) is 0.768. The highest BCUT2D eigenvalue weighted by Crippen LogP contribution is 2.35. The summed E-state index contributed by atoms with van der Waals surface area (Å²) in [6.07, 6.45) is 0.266. The highest BCUT2D eigenvalue weighted by molar-refractivity contribution is 7.92. The number of morpholine rings is 1. The number of rotatable bonds is 5. The fraction of sp³-hybridized carbons (Fsp3) is 0.588. The number of sulfonamides is 1. The predicted octanol–water partition coefficient (Wildman–Crippen LogP) is -0.0296. The van der Waals surface area contributed by atoms with Gasteiger partial charge in [-0.05, 0) is 24.6 Å². The molecular weight excluding hydrogens is 358 g/mol. The zero-order valence-electron chi connectivity index (χ0n) is 15.1. The number of fused-ring (bicyclic) bond motifs is 1. The number of carbonyl (C=O) groups is 1. The second kappa shape index (κ2) is 7.81. The van der Waals surface area contributed by atoms with Crippen molar-refractivity contribution in [1.82, 2.24) is 10.2 Å². The first-order valence-electron chi connectivity index (χ1n) is 8.67. The third kappa shape index (κ3) is 4.46. The third-order valence-corrected chi connectivity index (χ3v) is 5.65. The van der Waals surface area contributed by atoms with Crippen molar-refractivity contribution >= 4 is 21.6 Å². The Kier molecular flexibility index (Phi) is 5.69. The van der Waals surface area contributed by atoms with Gasteiger partial charge in [-0.1, -0.05) is 6.07 Å². The van der Waals surface area contributed by atoms with Gasteiger partial charge in [-0.15, -0.1) is 0 Å². The van der Waals surface area contributed by atoms with Crippen LogP contribution in [-0.4, -0.2) is 77.5 Å². The molecule has 0 spiro atoms. The standard InChI is InChI=1S/C17H25N3O5S/c1-13-3-4-15-14(11-13)20(26(2,22)23)12-16(25-15)17(21)18-5-6-19-7-9-24-10-8-19/h3-4,11,16H,5-10,12H2,1-2H3,(H,18,21)/t16-/m1/s1. The molecule has 1 N–H and O–H groups in total. The van der Waals surface area contributed by atoms with Crippen molar-refractivity contribution in [3.05, 3.63) is 23.8 Å². The number of carbonyl (C=O) groups excluding carboxylic acids is 1. The Balaban J connectivity index is 1.65. The summed E-state index contributed by atoms with van der Waals surface area (Å²) in [5.41, 5.74) is 1.40. The largest absolute Gasteiger partial charge is 0.476 e. The lowest BCUT2D eigenvalue weighted by Gasteiger charge is -2.34. The Morgan fingerprint density at radius 1 is 1.31 bits per heavy atom. The lowest BCUT2D eigenvalue weighted by Crippen LogP contribution is -2.51. The first kappa shape index (κ1) is 18.9. The minimum Gasteiger partial charge on any atom is -0.476 e. The van der Waals surface area contributed by atoms with Crippen LogP contribution < -0.4 is 14.4 Å². The summed E-state index contributed by atoms with van der Waals surface area (Å²) in [7, 11) is -3.51. The Bertz CT molecular complexity index is 762. The van der Waals surface area contributed by atoms with E-state index in [1.165, 1.54) is 4.31 Å². The molecule has 2 aliphatic rings. The van der Waals surface area contributed by atoms with Gasteiger partial charge in [0.25, 0.3) is 5.91 Å². The van der Waals surface area contributed by atoms with Crippen molar-refractivity contribution in [3.63, 3.8) is 0 Å². The molecule has 1 aromatic carbocycles. The van der Waals surface area contributed by atoms with Crippen LogP contribution in [-0.2, 0) is 19.6 Å². The van der Waals surface area contributed by atoms with E-state index < -0.39 is 16.1 Å². The fourth-order valence-electron chi connectivity index (χ4n) is 3.09. The number of ether oxygens (including phenoxy) is 2. The van der Waals surface area contributed by atoms with E-state index in [0.717, 1.165) is 31.5 Å². The Morgan fingerprint density at radius 2 is 2.04 bits per heavy atom. The average Bonchev–Trinajstić information content (AvgIpc) is 2.60. The van der Waals surface area contributed by atoms with Gasteiger partial charge in [0.2, 0.25) is 10.0 Å². The van der Waals surface area contributed by atoms with E-state index in [1.807, 2.05) is 13.0 Å². The number of benzene rings is 1. The van der Waals surface area contributed by atoms with Gasteiger partial charge in [-0.25, -0.2) is 8.42 Å². The number of nitrogens with one attached hydrogen (secondary N) is 1. The van der Waals surface area contributed by atoms with Crippen LogP contribution in [0.5, 0.6) is 5.75 Å². The summed E-state index contributed by atoms with van der Waals surface area (Å²) < 4.78 is 36.6. The van der Waals surface area contributed by atoms with Crippen LogP contribution in [0.15, 0.2) is 18.2 Å². The van der Waals surface area contributed by atoms with Gasteiger partial charge in [0.15, 0.2) is 6.10 Å². The van der Waals surface area contributed by atoms with E-state index in [9.17, 15) is 13.2 Å². The van der Waals surface area contributed by atoms with E-state index in [1.54, 1.807) is 12.1 Å². The molecular formula is C17H25N3O5S. The molecule has 9 heteroatoms. The predicted molar refractivity (Wildman–Crippen MR) is 98.1 cm³/mol. The van der Waals surface area contributed by atoms with Gasteiger partial charge in [0.05, 0.1) is 31.7 Å². The van der Waals surface area contributed by atoms with Crippen LogP contribution in [0.4, 0.5) is 5.69 Å². The minimum atomic E-state index is -3.51. The molecule has 8 nitrogen and oxygen atoms in total. The summed E-state index contributed by atoms with van der Waals surface area (Å²) in [6.45, 7) is 6.18. The van der Waals surface area contributed by atoms with Crippen molar-refractivity contribution in [3.8, 4) is 5.75 Å². The van der Waals surface area contributed by atoms with E-state index in [4.69, 9.17) is 9.47 Å². The maximum absolute atomic E-state index is 12.5. The Labute approximate surface area is 154 Å². The number of nitrogens with zero attached hydrogens (tertiary/aromatic N) is 2. The molecule has 0 radical (unpaired) electrons. The first-order valence-corrected chi connectivity index (χ1v) is 10.5. The lowest BCUT2D eigenvalue weighted by molar-refractivity contribution is -0.127. The average molecular weight is 383 g/mol. The normalized spacial score (nSPS) is 21.0. The number of hydrogen-bond acceptors (Lipinski definition) is 6. The molecule has 1 fully saturated rings. The minimum absolute atomic E-state index is 0.0291. The van der Waals surface area contributed by atoms with E-state index >= 15 is 0 Å². The number of aryl methyl sites for hydroxylation is 1. The molecule has 0 aliphatic carbocycles.